The maximum Gasteiger partial charge on any atom is 0.452 e. The molecule has 6 N–H and O–H groups in total. The molecule has 2 atom stereocenters. The average molecular weight is 546 g/mol. The van der Waals surface area contributed by atoms with Crippen molar-refractivity contribution in [1.29, 1.82) is 0 Å². The van der Waals surface area contributed by atoms with Crippen LogP contribution in [0.5, 0.6) is 0 Å². The lowest BCUT2D eigenvalue weighted by Crippen LogP contribution is -2.53. The summed E-state index contributed by atoms with van der Waals surface area (Å²) in [5.74, 6) is -4.20. The van der Waals surface area contributed by atoms with Gasteiger partial charge >= 0.3 is 6.18 Å². The molecule has 2 aromatic carbocycles. The summed E-state index contributed by atoms with van der Waals surface area (Å²) in [6.07, 6.45) is -3.88. The highest BCUT2D eigenvalue weighted by molar-refractivity contribution is 5.95. The molecule has 0 saturated heterocycles. The number of rotatable bonds is 12. The fourth-order valence-electron chi connectivity index (χ4n) is 4.02. The zero-order valence-electron chi connectivity index (χ0n) is 21.2. The molecule has 2 unspecified atom stereocenters. The third kappa shape index (κ3) is 8.14. The number of H-pyrrole nitrogens is 1. The van der Waals surface area contributed by atoms with Crippen LogP contribution in [-0.2, 0) is 38.6 Å². The smallest absolute Gasteiger partial charge is 0.361 e. The van der Waals surface area contributed by atoms with Gasteiger partial charge in [-0.2, -0.15) is 13.2 Å². The number of nitrogens with one attached hydrogen (secondary N) is 4. The molecule has 3 amide bonds. The number of aromatic nitrogens is 1. The predicted octanol–water partition coefficient (Wildman–Crippen LogP) is 2.04. The lowest BCUT2D eigenvalue weighted by Gasteiger charge is -2.21. The fourth-order valence-corrected chi connectivity index (χ4v) is 4.02. The third-order valence-electron chi connectivity index (χ3n) is 6.12. The van der Waals surface area contributed by atoms with E-state index in [1.807, 2.05) is 0 Å². The normalized spacial score (nSPS) is 12.9. The van der Waals surface area contributed by atoms with E-state index in [9.17, 15) is 32.3 Å². The second kappa shape index (κ2) is 13.1. The molecule has 3 rings (SSSR count). The number of hydrogen-bond acceptors (Lipinski definition) is 5. The Hall–Kier alpha value is -4.19. The van der Waals surface area contributed by atoms with Crippen molar-refractivity contribution in [2.45, 2.75) is 51.0 Å². The van der Waals surface area contributed by atoms with E-state index in [1.54, 1.807) is 55.5 Å². The number of para-hydroxylation sites is 1. The van der Waals surface area contributed by atoms with Gasteiger partial charge in [0.15, 0.2) is 0 Å². The fraction of sp³-hybridized carbons (Fsp3) is 0.333. The van der Waals surface area contributed by atoms with Crippen LogP contribution in [0.1, 0.15) is 30.0 Å². The van der Waals surface area contributed by atoms with Crippen molar-refractivity contribution in [3.8, 4) is 0 Å². The molecule has 9 nitrogen and oxygen atoms in total. The van der Waals surface area contributed by atoms with E-state index >= 15 is 0 Å². The summed E-state index contributed by atoms with van der Waals surface area (Å²) >= 11 is 0. The van der Waals surface area contributed by atoms with E-state index in [0.717, 1.165) is 11.1 Å². The number of nitrogens with two attached hydrogens (primary N) is 1. The van der Waals surface area contributed by atoms with Gasteiger partial charge in [-0.15, -0.1) is 0 Å². The summed E-state index contributed by atoms with van der Waals surface area (Å²) < 4.78 is 39.9. The summed E-state index contributed by atoms with van der Waals surface area (Å²) in [4.78, 5) is 52.4. The zero-order valence-corrected chi connectivity index (χ0v) is 21.2. The topological polar surface area (TPSA) is 146 Å². The summed E-state index contributed by atoms with van der Waals surface area (Å²) in [5.41, 5.74) is 8.29. The molecule has 0 saturated carbocycles. The van der Waals surface area contributed by atoms with E-state index in [4.69, 9.17) is 5.73 Å². The van der Waals surface area contributed by atoms with Crippen LogP contribution in [0.4, 0.5) is 13.2 Å². The maximum atomic E-state index is 13.3. The van der Waals surface area contributed by atoms with Crippen molar-refractivity contribution >= 4 is 34.4 Å². The first kappa shape index (κ1) is 29.4. The van der Waals surface area contributed by atoms with E-state index in [2.05, 4.69) is 20.9 Å². The molecule has 1 aromatic heterocycles. The van der Waals surface area contributed by atoms with Crippen LogP contribution in [0.3, 0.4) is 0 Å². The number of amides is 3. The number of benzene rings is 2. The number of carbonyl (C=O) groups excluding carboxylic acids is 4. The van der Waals surface area contributed by atoms with Crippen molar-refractivity contribution in [1.82, 2.24) is 20.9 Å². The summed E-state index contributed by atoms with van der Waals surface area (Å²) in [7, 11) is 0. The first-order valence-corrected chi connectivity index (χ1v) is 12.3. The van der Waals surface area contributed by atoms with Gasteiger partial charge in [-0.05, 0) is 22.8 Å². The van der Waals surface area contributed by atoms with Crippen LogP contribution in [0.25, 0.3) is 10.9 Å². The molecule has 0 fully saturated rings. The van der Waals surface area contributed by atoms with Crippen molar-refractivity contribution in [2.24, 2.45) is 5.73 Å². The highest BCUT2D eigenvalue weighted by Gasteiger charge is 2.44. The Balaban J connectivity index is 1.68. The van der Waals surface area contributed by atoms with Gasteiger partial charge in [-0.25, -0.2) is 0 Å². The number of hydrogen-bond donors (Lipinski definition) is 5. The molecule has 0 aliphatic carbocycles. The molecule has 12 heteroatoms. The van der Waals surface area contributed by atoms with Crippen LogP contribution in [0.2, 0.25) is 0 Å². The van der Waals surface area contributed by atoms with E-state index < -0.39 is 54.7 Å². The third-order valence-corrected chi connectivity index (χ3v) is 6.12. The minimum Gasteiger partial charge on any atom is -0.361 e. The predicted molar refractivity (Wildman–Crippen MR) is 138 cm³/mol. The van der Waals surface area contributed by atoms with Gasteiger partial charge in [-0.1, -0.05) is 49.4 Å². The van der Waals surface area contributed by atoms with Gasteiger partial charge in [0.1, 0.15) is 12.1 Å². The molecular formula is C27H30F3N5O4. The Morgan fingerprint density at radius 1 is 0.897 bits per heavy atom. The van der Waals surface area contributed by atoms with Crippen LogP contribution < -0.4 is 21.7 Å². The van der Waals surface area contributed by atoms with Crippen molar-refractivity contribution in [3.05, 3.63) is 71.4 Å². The minimum absolute atomic E-state index is 0.111. The van der Waals surface area contributed by atoms with Crippen molar-refractivity contribution in [2.75, 3.05) is 6.54 Å². The molecule has 0 bridgehead atoms. The van der Waals surface area contributed by atoms with E-state index in [-0.39, 0.29) is 12.8 Å². The van der Waals surface area contributed by atoms with Gasteiger partial charge in [0.25, 0.3) is 5.78 Å². The molecule has 0 aliphatic heterocycles. The summed E-state index contributed by atoms with van der Waals surface area (Å²) in [5, 5.41) is 7.64. The molecule has 0 radical (unpaired) electrons. The molecule has 1 heterocycles. The van der Waals surface area contributed by atoms with Gasteiger partial charge in [0.2, 0.25) is 17.7 Å². The average Bonchev–Trinajstić information content (AvgIpc) is 3.33. The first-order valence-electron chi connectivity index (χ1n) is 12.3. The van der Waals surface area contributed by atoms with Crippen LogP contribution in [0, 0.1) is 0 Å². The number of ketones is 1. The highest BCUT2D eigenvalue weighted by Crippen LogP contribution is 2.23. The molecule has 3 aromatic rings. The number of aromatic amines is 1. The van der Waals surface area contributed by atoms with E-state index in [0.29, 0.717) is 23.0 Å². The van der Waals surface area contributed by atoms with Crippen molar-refractivity contribution < 1.29 is 32.3 Å². The summed E-state index contributed by atoms with van der Waals surface area (Å²) in [6, 6.07) is 11.0. The summed E-state index contributed by atoms with van der Waals surface area (Å²) in [6.45, 7) is 1.25. The molecule has 208 valence electrons. The van der Waals surface area contributed by atoms with Gasteiger partial charge in [-0.3, -0.25) is 19.2 Å². The largest absolute Gasteiger partial charge is 0.452 e. The van der Waals surface area contributed by atoms with Crippen LogP contribution in [-0.4, -0.2) is 53.3 Å². The minimum atomic E-state index is -5.18. The lowest BCUT2D eigenvalue weighted by molar-refractivity contribution is -0.173. The molecule has 0 aliphatic rings. The Morgan fingerprint density at radius 3 is 2.18 bits per heavy atom. The second-order valence-corrected chi connectivity index (χ2v) is 8.96. The lowest BCUT2D eigenvalue weighted by atomic mass is 10.0. The second-order valence-electron chi connectivity index (χ2n) is 8.96. The monoisotopic (exact) mass is 545 g/mol. The maximum absolute atomic E-state index is 13.3. The molecular weight excluding hydrogens is 515 g/mol. The Kier molecular flexibility index (Phi) is 9.83. The number of fused-ring (bicyclic) bond motifs is 1. The SMILES string of the molecule is CCC(=O)NC(Cc1ccc(CN)cc1)C(=O)NCC(=O)NC(Cc1c[nH]c2ccccc12)C(=O)C(F)(F)F. The zero-order chi connectivity index (χ0) is 28.6. The molecule has 39 heavy (non-hydrogen) atoms. The standard InChI is InChI=1S/C27H30F3N5O4/c1-2-23(36)35-22(11-16-7-9-17(13-31)10-8-16)26(39)33-15-24(37)34-21(25(38)27(28,29)30)12-18-14-32-20-6-4-3-5-19(18)20/h3-10,14,21-22,32H,2,11-13,15,31H2,1H3,(H,33,39)(H,34,37)(H,35,36). The Bertz CT molecular complexity index is 1320. The highest BCUT2D eigenvalue weighted by atomic mass is 19.4. The molecule has 0 spiro atoms. The van der Waals surface area contributed by atoms with Crippen LogP contribution in [0.15, 0.2) is 54.7 Å². The van der Waals surface area contributed by atoms with Gasteiger partial charge in [0.05, 0.1) is 6.54 Å². The number of Topliss-reactive ketones (excluding diaryl/α,β-unsaturated/α-hetero) is 1. The number of alkyl halides is 3. The Morgan fingerprint density at radius 2 is 1.54 bits per heavy atom. The van der Waals surface area contributed by atoms with Crippen LogP contribution >= 0.6 is 0 Å². The number of carbonyl (C=O) groups is 4. The quantitative estimate of drug-likeness (QED) is 0.236. The number of halogens is 3. The van der Waals surface area contributed by atoms with Crippen molar-refractivity contribution in [3.63, 3.8) is 0 Å². The Labute approximate surface area is 222 Å². The van der Waals surface area contributed by atoms with Gasteiger partial charge in [0, 0.05) is 42.9 Å². The van der Waals surface area contributed by atoms with E-state index in [1.165, 1.54) is 6.20 Å². The van der Waals surface area contributed by atoms with Gasteiger partial charge < -0.3 is 26.7 Å². The first-order chi connectivity index (χ1) is 18.5.